The van der Waals surface area contributed by atoms with E-state index < -0.39 is 17.7 Å². The summed E-state index contributed by atoms with van der Waals surface area (Å²) in [5.74, 6) is -1.91. The van der Waals surface area contributed by atoms with Crippen LogP contribution in [0.15, 0.2) is 36.4 Å². The van der Waals surface area contributed by atoms with Gasteiger partial charge in [-0.25, -0.2) is 13.8 Å². The minimum absolute atomic E-state index is 0.0873. The van der Waals surface area contributed by atoms with E-state index in [-0.39, 0.29) is 36.2 Å². The number of nitrogens with one attached hydrogen (secondary N) is 1. The first-order valence-electron chi connectivity index (χ1n) is 8.51. The van der Waals surface area contributed by atoms with E-state index in [1.165, 1.54) is 31.2 Å². The molecule has 1 fully saturated rings. The lowest BCUT2D eigenvalue weighted by atomic mass is 10.1. The normalized spacial score (nSPS) is 16.9. The molecule has 3 rings (SSSR count). The number of morpholine rings is 1. The van der Waals surface area contributed by atoms with Crippen molar-refractivity contribution >= 4 is 11.8 Å². The van der Waals surface area contributed by atoms with Crippen LogP contribution < -0.4 is 5.32 Å². The molecular formula is C19H19F2N3O3. The van der Waals surface area contributed by atoms with Crippen molar-refractivity contribution in [3.05, 3.63) is 53.7 Å². The molecular weight excluding hydrogens is 356 g/mol. The van der Waals surface area contributed by atoms with Gasteiger partial charge in [-0.2, -0.15) is 0 Å². The third-order valence-electron chi connectivity index (χ3n) is 4.23. The highest BCUT2D eigenvalue weighted by atomic mass is 19.1. The Bertz CT molecular complexity index is 840. The van der Waals surface area contributed by atoms with Gasteiger partial charge in [0.05, 0.1) is 36.6 Å². The number of nitrogens with zero attached hydrogens (tertiary/aromatic N) is 2. The molecule has 0 bridgehead atoms. The van der Waals surface area contributed by atoms with Crippen molar-refractivity contribution in [2.24, 2.45) is 0 Å². The third kappa shape index (κ3) is 4.46. The topological polar surface area (TPSA) is 71.5 Å². The zero-order valence-electron chi connectivity index (χ0n) is 14.7. The Morgan fingerprint density at radius 2 is 1.93 bits per heavy atom. The number of carbonyl (C=O) groups excluding carboxylic acids is 2. The molecule has 0 spiro atoms. The van der Waals surface area contributed by atoms with Gasteiger partial charge in [0.2, 0.25) is 11.8 Å². The lowest BCUT2D eigenvalue weighted by molar-refractivity contribution is -0.139. The van der Waals surface area contributed by atoms with Crippen LogP contribution in [0.1, 0.15) is 18.7 Å². The van der Waals surface area contributed by atoms with Crippen LogP contribution in [-0.2, 0) is 14.3 Å². The fraction of sp³-hybridized carbons (Fsp3) is 0.316. The molecule has 1 saturated heterocycles. The minimum Gasteiger partial charge on any atom is -0.368 e. The summed E-state index contributed by atoms with van der Waals surface area (Å²) < 4.78 is 33.7. The maximum Gasteiger partial charge on any atom is 0.242 e. The number of rotatable bonds is 4. The van der Waals surface area contributed by atoms with Gasteiger partial charge in [0.25, 0.3) is 0 Å². The number of hydrogen-bond donors (Lipinski definition) is 1. The number of pyridine rings is 1. The maximum absolute atomic E-state index is 14.0. The lowest BCUT2D eigenvalue weighted by Gasteiger charge is -2.32. The molecule has 0 unspecified atom stereocenters. The minimum atomic E-state index is -0.698. The van der Waals surface area contributed by atoms with Crippen LogP contribution in [0, 0.1) is 11.6 Å². The predicted octanol–water partition coefficient (Wildman–Crippen LogP) is 2.06. The van der Waals surface area contributed by atoms with Crippen LogP contribution in [0.4, 0.5) is 8.78 Å². The Kier molecular flexibility index (Phi) is 5.75. The number of benzene rings is 1. The molecule has 1 atom stereocenters. The van der Waals surface area contributed by atoms with Gasteiger partial charge in [-0.15, -0.1) is 0 Å². The van der Waals surface area contributed by atoms with Crippen LogP contribution in [0.5, 0.6) is 0 Å². The molecule has 1 aliphatic heterocycles. The van der Waals surface area contributed by atoms with Crippen LogP contribution >= 0.6 is 0 Å². The molecule has 1 aromatic carbocycles. The van der Waals surface area contributed by atoms with E-state index >= 15 is 0 Å². The Balaban J connectivity index is 1.78. The van der Waals surface area contributed by atoms with Crippen LogP contribution in [-0.4, -0.2) is 47.9 Å². The molecule has 1 aliphatic rings. The van der Waals surface area contributed by atoms with E-state index in [9.17, 15) is 18.4 Å². The highest BCUT2D eigenvalue weighted by molar-refractivity contribution is 5.83. The van der Waals surface area contributed by atoms with Gasteiger partial charge < -0.3 is 15.0 Å². The second-order valence-corrected chi connectivity index (χ2v) is 6.15. The molecule has 2 heterocycles. The molecule has 1 N–H and O–H groups in total. The molecule has 2 amide bonds. The first kappa shape index (κ1) is 18.9. The third-order valence-corrected chi connectivity index (χ3v) is 4.23. The fourth-order valence-electron chi connectivity index (χ4n) is 2.88. The molecule has 27 heavy (non-hydrogen) atoms. The van der Waals surface area contributed by atoms with Crippen LogP contribution in [0.3, 0.4) is 0 Å². The van der Waals surface area contributed by atoms with Gasteiger partial charge in [-0.1, -0.05) is 12.1 Å². The summed E-state index contributed by atoms with van der Waals surface area (Å²) in [6.45, 7) is 2.20. The summed E-state index contributed by atoms with van der Waals surface area (Å²) >= 11 is 0. The maximum atomic E-state index is 14.0. The van der Waals surface area contributed by atoms with Crippen molar-refractivity contribution < 1.29 is 23.1 Å². The first-order valence-corrected chi connectivity index (χ1v) is 8.51. The summed E-state index contributed by atoms with van der Waals surface area (Å²) in [6.07, 6.45) is -0.519. The Morgan fingerprint density at radius 3 is 2.63 bits per heavy atom. The van der Waals surface area contributed by atoms with Crippen molar-refractivity contribution in [3.63, 3.8) is 0 Å². The summed E-state index contributed by atoms with van der Waals surface area (Å²) in [4.78, 5) is 29.1. The number of halogens is 2. The summed E-state index contributed by atoms with van der Waals surface area (Å²) in [7, 11) is 0. The molecule has 0 radical (unpaired) electrons. The van der Waals surface area contributed by atoms with E-state index in [0.717, 1.165) is 0 Å². The SMILES string of the molecule is CC(=O)NCC(=O)N1CCO[C@@H](c2cccc(-c3c(F)cccc3F)n2)C1. The van der Waals surface area contributed by atoms with Crippen molar-refractivity contribution in [2.45, 2.75) is 13.0 Å². The molecule has 6 nitrogen and oxygen atoms in total. The zero-order valence-corrected chi connectivity index (χ0v) is 14.7. The van der Waals surface area contributed by atoms with Gasteiger partial charge in [-0.3, -0.25) is 9.59 Å². The van der Waals surface area contributed by atoms with E-state index in [0.29, 0.717) is 18.8 Å². The molecule has 2 aromatic rings. The monoisotopic (exact) mass is 375 g/mol. The second kappa shape index (κ2) is 8.22. The standard InChI is InChI=1S/C19H19F2N3O3/c1-12(25)22-10-18(26)24-8-9-27-17(11-24)15-6-3-7-16(23-15)19-13(20)4-2-5-14(19)21/h2-7,17H,8-11H2,1H3,(H,22,25)/t17-/m1/s1. The van der Waals surface area contributed by atoms with Crippen molar-refractivity contribution in [3.8, 4) is 11.3 Å². The van der Waals surface area contributed by atoms with E-state index in [4.69, 9.17) is 4.74 Å². The van der Waals surface area contributed by atoms with E-state index in [2.05, 4.69) is 10.3 Å². The zero-order chi connectivity index (χ0) is 19.4. The van der Waals surface area contributed by atoms with E-state index in [1.54, 1.807) is 17.0 Å². The number of carbonyl (C=O) groups is 2. The summed E-state index contributed by atoms with van der Waals surface area (Å²) in [5, 5.41) is 2.47. The van der Waals surface area contributed by atoms with Gasteiger partial charge in [-0.05, 0) is 24.3 Å². The van der Waals surface area contributed by atoms with Crippen molar-refractivity contribution in [1.29, 1.82) is 0 Å². The fourth-order valence-corrected chi connectivity index (χ4v) is 2.88. The smallest absolute Gasteiger partial charge is 0.242 e. The second-order valence-electron chi connectivity index (χ2n) is 6.15. The molecule has 142 valence electrons. The highest BCUT2D eigenvalue weighted by Crippen LogP contribution is 2.27. The Hall–Kier alpha value is -2.87. The summed E-state index contributed by atoms with van der Waals surface area (Å²) in [5.41, 5.74) is 0.439. The first-order chi connectivity index (χ1) is 13.0. The Labute approximate surface area is 155 Å². The number of ether oxygens (including phenoxy) is 1. The average Bonchev–Trinajstić information content (AvgIpc) is 2.66. The van der Waals surface area contributed by atoms with Crippen molar-refractivity contribution in [1.82, 2.24) is 15.2 Å². The molecule has 8 heteroatoms. The summed E-state index contributed by atoms with van der Waals surface area (Å²) in [6, 6.07) is 8.49. The van der Waals surface area contributed by atoms with Gasteiger partial charge in [0.1, 0.15) is 17.7 Å². The van der Waals surface area contributed by atoms with Gasteiger partial charge in [0.15, 0.2) is 0 Å². The predicted molar refractivity (Wildman–Crippen MR) is 93.5 cm³/mol. The van der Waals surface area contributed by atoms with E-state index in [1.807, 2.05) is 0 Å². The van der Waals surface area contributed by atoms with Gasteiger partial charge >= 0.3 is 0 Å². The van der Waals surface area contributed by atoms with Crippen LogP contribution in [0.2, 0.25) is 0 Å². The Morgan fingerprint density at radius 1 is 1.22 bits per heavy atom. The lowest BCUT2D eigenvalue weighted by Crippen LogP contribution is -2.46. The number of hydrogen-bond acceptors (Lipinski definition) is 4. The van der Waals surface area contributed by atoms with Crippen LogP contribution in [0.25, 0.3) is 11.3 Å². The molecule has 0 aliphatic carbocycles. The quantitative estimate of drug-likeness (QED) is 0.888. The average molecular weight is 375 g/mol. The largest absolute Gasteiger partial charge is 0.368 e. The highest BCUT2D eigenvalue weighted by Gasteiger charge is 2.26. The molecule has 0 saturated carbocycles. The number of amides is 2. The number of aromatic nitrogens is 1. The van der Waals surface area contributed by atoms with Gasteiger partial charge in [0, 0.05) is 13.5 Å². The molecule has 1 aromatic heterocycles. The van der Waals surface area contributed by atoms with Crippen molar-refractivity contribution in [2.75, 3.05) is 26.2 Å².